The highest BCUT2D eigenvalue weighted by Gasteiger charge is 2.14. The Morgan fingerprint density at radius 2 is 1.70 bits per heavy atom. The summed E-state index contributed by atoms with van der Waals surface area (Å²) >= 11 is 0. The first kappa shape index (κ1) is 18.8. The number of sulfonamides is 1. The van der Waals surface area contributed by atoms with Crippen LogP contribution in [0.2, 0.25) is 0 Å². The fourth-order valence-electron chi connectivity index (χ4n) is 2.81. The Balaban J connectivity index is 1.85. The van der Waals surface area contributed by atoms with Gasteiger partial charge in [-0.25, -0.2) is 13.1 Å². The van der Waals surface area contributed by atoms with Crippen LogP contribution in [0.5, 0.6) is 0 Å². The monoisotopic (exact) mass is 385 g/mol. The highest BCUT2D eigenvalue weighted by molar-refractivity contribution is 7.88. The summed E-state index contributed by atoms with van der Waals surface area (Å²) < 4.78 is 25.9. The van der Waals surface area contributed by atoms with Crippen molar-refractivity contribution >= 4 is 26.8 Å². The van der Waals surface area contributed by atoms with E-state index in [2.05, 4.69) is 15.0 Å². The first-order valence-corrected chi connectivity index (χ1v) is 9.93. The number of para-hydroxylation sites is 1. The molecule has 1 aromatic heterocycles. The molecule has 0 aliphatic rings. The zero-order valence-electron chi connectivity index (χ0n) is 14.7. The molecule has 0 radical (unpaired) electrons. The van der Waals surface area contributed by atoms with Crippen molar-refractivity contribution in [3.05, 3.63) is 81.6 Å². The van der Waals surface area contributed by atoms with Gasteiger partial charge in [0.25, 0.3) is 5.91 Å². The van der Waals surface area contributed by atoms with Crippen molar-refractivity contribution in [3.63, 3.8) is 0 Å². The Morgan fingerprint density at radius 3 is 2.44 bits per heavy atom. The molecule has 2 aromatic carbocycles. The molecule has 0 saturated heterocycles. The molecule has 0 saturated carbocycles. The number of hydrogen-bond acceptors (Lipinski definition) is 4. The fraction of sp³-hybridized carbons (Fsp3) is 0.158. The molecule has 27 heavy (non-hydrogen) atoms. The number of fused-ring (bicyclic) bond motifs is 1. The van der Waals surface area contributed by atoms with Crippen LogP contribution in [-0.4, -0.2) is 26.4 Å². The van der Waals surface area contributed by atoms with Crippen molar-refractivity contribution in [1.82, 2.24) is 15.0 Å². The molecule has 140 valence electrons. The smallest absolute Gasteiger partial charge is 0.252 e. The molecule has 0 aliphatic carbocycles. The van der Waals surface area contributed by atoms with Crippen molar-refractivity contribution in [2.45, 2.75) is 12.3 Å². The molecule has 0 bridgehead atoms. The summed E-state index contributed by atoms with van der Waals surface area (Å²) in [6, 6.07) is 15.3. The maximum absolute atomic E-state index is 12.6. The molecule has 1 amide bonds. The minimum absolute atomic E-state index is 0.148. The Kier molecular flexibility index (Phi) is 5.38. The summed E-state index contributed by atoms with van der Waals surface area (Å²) in [4.78, 5) is 27.2. The third-order valence-corrected chi connectivity index (χ3v) is 5.52. The quantitative estimate of drug-likeness (QED) is 0.598. The summed E-state index contributed by atoms with van der Waals surface area (Å²) in [7, 11) is -2.07. The number of amides is 1. The van der Waals surface area contributed by atoms with Gasteiger partial charge in [-0.15, -0.1) is 0 Å². The van der Waals surface area contributed by atoms with Gasteiger partial charge in [0.05, 0.1) is 11.3 Å². The topological polar surface area (TPSA) is 108 Å². The number of carbonyl (C=O) groups excluding carboxylic acids is 1. The lowest BCUT2D eigenvalue weighted by Crippen LogP contribution is -2.26. The lowest BCUT2D eigenvalue weighted by atomic mass is 10.1. The zero-order valence-corrected chi connectivity index (χ0v) is 15.5. The number of nitrogens with one attached hydrogen (secondary N) is 3. The number of carbonyl (C=O) groups is 1. The average molecular weight is 385 g/mol. The molecular formula is C19H19N3O4S. The second-order valence-corrected chi connectivity index (χ2v) is 7.93. The van der Waals surface area contributed by atoms with E-state index in [4.69, 9.17) is 0 Å². The van der Waals surface area contributed by atoms with E-state index in [0.29, 0.717) is 22.0 Å². The minimum Gasteiger partial charge on any atom is -0.348 e. The Hall–Kier alpha value is -2.97. The number of pyridine rings is 1. The maximum Gasteiger partial charge on any atom is 0.252 e. The van der Waals surface area contributed by atoms with E-state index >= 15 is 0 Å². The SMILES string of the molecule is CNS(=O)(=O)Cc1ccccc1CNC(=O)c1cc(=O)[nH]c2ccccc12. The minimum atomic E-state index is -3.43. The van der Waals surface area contributed by atoms with Gasteiger partial charge < -0.3 is 10.3 Å². The van der Waals surface area contributed by atoms with E-state index in [1.807, 2.05) is 0 Å². The van der Waals surface area contributed by atoms with Gasteiger partial charge in [-0.3, -0.25) is 9.59 Å². The lowest BCUT2D eigenvalue weighted by Gasteiger charge is -2.12. The number of aromatic nitrogens is 1. The van der Waals surface area contributed by atoms with Crippen LogP contribution in [0.3, 0.4) is 0 Å². The Bertz CT molecular complexity index is 1150. The van der Waals surface area contributed by atoms with Crippen LogP contribution in [0, 0.1) is 0 Å². The Labute approximate surface area is 156 Å². The second-order valence-electron chi connectivity index (χ2n) is 6.01. The predicted molar refractivity (Wildman–Crippen MR) is 104 cm³/mol. The van der Waals surface area contributed by atoms with Gasteiger partial charge in [-0.2, -0.15) is 0 Å². The third kappa shape index (κ3) is 4.42. The van der Waals surface area contributed by atoms with Gasteiger partial charge in [0.15, 0.2) is 0 Å². The highest BCUT2D eigenvalue weighted by atomic mass is 32.2. The van der Waals surface area contributed by atoms with Gasteiger partial charge in [-0.1, -0.05) is 42.5 Å². The summed E-state index contributed by atoms with van der Waals surface area (Å²) in [5, 5.41) is 3.41. The van der Waals surface area contributed by atoms with Crippen molar-refractivity contribution in [3.8, 4) is 0 Å². The Morgan fingerprint density at radius 1 is 1.04 bits per heavy atom. The van der Waals surface area contributed by atoms with Gasteiger partial charge in [0.1, 0.15) is 0 Å². The van der Waals surface area contributed by atoms with Crippen molar-refractivity contribution in [2.24, 2.45) is 0 Å². The van der Waals surface area contributed by atoms with Crippen LogP contribution >= 0.6 is 0 Å². The third-order valence-electron chi connectivity index (χ3n) is 4.21. The van der Waals surface area contributed by atoms with E-state index in [0.717, 1.165) is 0 Å². The number of H-pyrrole nitrogens is 1. The predicted octanol–water partition coefficient (Wildman–Crippen LogP) is 1.51. The first-order valence-electron chi connectivity index (χ1n) is 8.28. The normalized spacial score (nSPS) is 11.4. The molecule has 0 unspecified atom stereocenters. The van der Waals surface area contributed by atoms with E-state index in [1.54, 1.807) is 48.5 Å². The molecule has 1 heterocycles. The lowest BCUT2D eigenvalue weighted by molar-refractivity contribution is 0.0952. The summed E-state index contributed by atoms with van der Waals surface area (Å²) in [5.74, 6) is -0.577. The molecule has 8 heteroatoms. The molecule has 0 fully saturated rings. The van der Waals surface area contributed by atoms with Crippen molar-refractivity contribution < 1.29 is 13.2 Å². The standard InChI is InChI=1S/C19H19N3O4S/c1-20-27(25,26)12-14-7-3-2-6-13(14)11-21-19(24)16-10-18(23)22-17-9-5-4-8-15(16)17/h2-10,20H,11-12H2,1H3,(H,21,24)(H,22,23). The van der Waals surface area contributed by atoms with Gasteiger partial charge in [0.2, 0.25) is 15.6 Å². The van der Waals surface area contributed by atoms with Crippen LogP contribution in [0.15, 0.2) is 59.4 Å². The summed E-state index contributed by atoms with van der Waals surface area (Å²) in [6.07, 6.45) is 0. The maximum atomic E-state index is 12.6. The number of aromatic amines is 1. The second kappa shape index (κ2) is 7.73. The molecule has 0 atom stereocenters. The van der Waals surface area contributed by atoms with Gasteiger partial charge >= 0.3 is 0 Å². The molecule has 3 rings (SSSR count). The molecule has 0 spiro atoms. The van der Waals surface area contributed by atoms with Gasteiger partial charge in [-0.05, 0) is 24.2 Å². The molecule has 3 aromatic rings. The van der Waals surface area contributed by atoms with Crippen LogP contribution < -0.4 is 15.6 Å². The number of hydrogen-bond donors (Lipinski definition) is 3. The van der Waals surface area contributed by atoms with Crippen LogP contribution in [-0.2, 0) is 22.3 Å². The van der Waals surface area contributed by atoms with Crippen LogP contribution in [0.4, 0.5) is 0 Å². The van der Waals surface area contributed by atoms with Crippen LogP contribution in [0.25, 0.3) is 10.9 Å². The molecule has 7 nitrogen and oxygen atoms in total. The number of benzene rings is 2. The van der Waals surface area contributed by atoms with Crippen molar-refractivity contribution in [2.75, 3.05) is 7.05 Å². The van der Waals surface area contributed by atoms with Crippen molar-refractivity contribution in [1.29, 1.82) is 0 Å². The first-order chi connectivity index (χ1) is 12.9. The summed E-state index contributed by atoms with van der Waals surface area (Å²) in [5.41, 5.74) is 1.78. The molecular weight excluding hydrogens is 366 g/mol. The highest BCUT2D eigenvalue weighted by Crippen LogP contribution is 2.16. The molecule has 0 aliphatic heterocycles. The molecule has 3 N–H and O–H groups in total. The largest absolute Gasteiger partial charge is 0.348 e. The average Bonchev–Trinajstić information content (AvgIpc) is 2.66. The van der Waals surface area contributed by atoms with E-state index < -0.39 is 15.9 Å². The zero-order chi connectivity index (χ0) is 19.4. The number of rotatable bonds is 6. The fourth-order valence-corrected chi connectivity index (χ4v) is 3.65. The van der Waals surface area contributed by atoms with E-state index in [-0.39, 0.29) is 23.4 Å². The van der Waals surface area contributed by atoms with Gasteiger partial charge in [0, 0.05) is 23.5 Å². The summed E-state index contributed by atoms with van der Waals surface area (Å²) in [6.45, 7) is 0.148. The van der Waals surface area contributed by atoms with E-state index in [1.165, 1.54) is 13.1 Å². The van der Waals surface area contributed by atoms with E-state index in [9.17, 15) is 18.0 Å². The van der Waals surface area contributed by atoms with Crippen LogP contribution in [0.1, 0.15) is 21.5 Å².